The van der Waals surface area contributed by atoms with Gasteiger partial charge in [-0.25, -0.2) is 18.6 Å². The molecular weight excluding hydrogens is 442 g/mol. The first-order valence-corrected chi connectivity index (χ1v) is 11.3. The maximum absolute atomic E-state index is 14.4. The minimum atomic E-state index is -0.710. The summed E-state index contributed by atoms with van der Waals surface area (Å²) in [5.41, 5.74) is 1.44. The second kappa shape index (κ2) is 9.02. The van der Waals surface area contributed by atoms with E-state index in [1.54, 1.807) is 37.4 Å². The van der Waals surface area contributed by atoms with E-state index in [9.17, 15) is 18.4 Å². The number of piperazine rings is 1. The first-order valence-electron chi connectivity index (χ1n) is 11.3. The van der Waals surface area contributed by atoms with Crippen LogP contribution in [-0.4, -0.2) is 84.5 Å². The van der Waals surface area contributed by atoms with E-state index < -0.39 is 24.1 Å². The van der Waals surface area contributed by atoms with E-state index in [1.807, 2.05) is 4.90 Å². The average molecular weight is 469 g/mol. The van der Waals surface area contributed by atoms with Gasteiger partial charge in [-0.3, -0.25) is 15.0 Å². The number of amidine groups is 1. The van der Waals surface area contributed by atoms with Crippen molar-refractivity contribution in [2.24, 2.45) is 4.99 Å². The molecule has 0 bridgehead atoms. The number of aliphatic imine (C=N–C) groups is 1. The van der Waals surface area contributed by atoms with Crippen LogP contribution in [0.3, 0.4) is 0 Å². The van der Waals surface area contributed by atoms with Gasteiger partial charge in [0.05, 0.1) is 6.54 Å². The molecule has 2 unspecified atom stereocenters. The number of anilines is 1. The van der Waals surface area contributed by atoms with Crippen molar-refractivity contribution >= 4 is 23.5 Å². The van der Waals surface area contributed by atoms with Crippen LogP contribution in [0.5, 0.6) is 0 Å². The highest BCUT2D eigenvalue weighted by atomic mass is 19.1. The average Bonchev–Trinajstić information content (AvgIpc) is 3.18. The lowest BCUT2D eigenvalue weighted by Gasteiger charge is -2.38. The maximum Gasteiger partial charge on any atom is 0.325 e. The summed E-state index contributed by atoms with van der Waals surface area (Å²) in [6.07, 6.45) is -0.650. The van der Waals surface area contributed by atoms with Crippen LogP contribution < -0.4 is 10.2 Å². The number of carbonyl (C=O) groups is 2. The molecule has 2 atom stereocenters. The number of nitrogens with one attached hydrogen (secondary N) is 1. The van der Waals surface area contributed by atoms with E-state index >= 15 is 0 Å². The Bertz CT molecular complexity index is 1120. The molecule has 3 aliphatic heterocycles. The predicted octanol–water partition coefficient (Wildman–Crippen LogP) is 1.88. The lowest BCUT2D eigenvalue weighted by Crippen LogP contribution is -2.63. The van der Waals surface area contributed by atoms with Crippen molar-refractivity contribution in [1.29, 1.82) is 0 Å². The monoisotopic (exact) mass is 468 g/mol. The zero-order valence-corrected chi connectivity index (χ0v) is 18.8. The lowest BCUT2D eigenvalue weighted by atomic mass is 10.1. The first-order chi connectivity index (χ1) is 16.4. The Hall–Kier alpha value is -3.53. The Morgan fingerprint density at radius 3 is 2.38 bits per heavy atom. The van der Waals surface area contributed by atoms with Gasteiger partial charge in [-0.05, 0) is 30.3 Å². The van der Waals surface area contributed by atoms with Crippen molar-refractivity contribution in [3.63, 3.8) is 0 Å². The van der Waals surface area contributed by atoms with E-state index in [-0.39, 0.29) is 18.2 Å². The van der Waals surface area contributed by atoms with Crippen LogP contribution in [0.25, 0.3) is 0 Å². The van der Waals surface area contributed by atoms with E-state index in [0.717, 1.165) is 31.9 Å². The Morgan fingerprint density at radius 1 is 0.971 bits per heavy atom. The Morgan fingerprint density at radius 2 is 1.68 bits per heavy atom. The number of urea groups is 1. The Labute approximate surface area is 196 Å². The summed E-state index contributed by atoms with van der Waals surface area (Å²) in [6.45, 7) is 3.68. The van der Waals surface area contributed by atoms with E-state index in [0.29, 0.717) is 17.9 Å². The molecule has 0 saturated carbocycles. The van der Waals surface area contributed by atoms with Crippen molar-refractivity contribution in [3.8, 4) is 0 Å². The van der Waals surface area contributed by atoms with Crippen LogP contribution in [-0.2, 0) is 11.3 Å². The summed E-state index contributed by atoms with van der Waals surface area (Å²) in [6, 6.07) is 11.7. The molecule has 3 aliphatic rings. The van der Waals surface area contributed by atoms with Gasteiger partial charge in [0.2, 0.25) is 0 Å². The van der Waals surface area contributed by atoms with Crippen LogP contribution in [0.1, 0.15) is 5.56 Å². The van der Waals surface area contributed by atoms with Crippen molar-refractivity contribution in [3.05, 3.63) is 65.7 Å². The third kappa shape index (κ3) is 4.21. The zero-order valence-electron chi connectivity index (χ0n) is 18.8. The van der Waals surface area contributed by atoms with Gasteiger partial charge in [0.15, 0.2) is 12.2 Å². The van der Waals surface area contributed by atoms with Gasteiger partial charge in [-0.2, -0.15) is 0 Å². The number of imide groups is 1. The molecule has 0 aromatic heterocycles. The molecule has 3 heterocycles. The van der Waals surface area contributed by atoms with Crippen molar-refractivity contribution < 1.29 is 18.4 Å². The number of fused-ring (bicyclic) bond motifs is 1. The number of likely N-dealkylation sites (N-methyl/N-ethyl adjacent to an activating group) is 1. The molecule has 2 fully saturated rings. The number of hydrogen-bond acceptors (Lipinski definition) is 6. The predicted molar refractivity (Wildman–Crippen MR) is 123 cm³/mol. The van der Waals surface area contributed by atoms with Gasteiger partial charge in [0.25, 0.3) is 5.91 Å². The fraction of sp³-hybridized carbons (Fsp3) is 0.375. The van der Waals surface area contributed by atoms with Gasteiger partial charge in [0, 0.05) is 51.0 Å². The molecule has 0 radical (unpaired) electrons. The Kier molecular flexibility index (Phi) is 5.91. The largest absolute Gasteiger partial charge is 0.369 e. The SMILES string of the molecule is CN1C(=O)NC(=O)C2C1N=C(CN1CCN(c3ccc(F)cc3)CC1)N2Cc1ccccc1F. The van der Waals surface area contributed by atoms with Gasteiger partial charge in [-0.15, -0.1) is 0 Å². The number of amides is 3. The summed E-state index contributed by atoms with van der Waals surface area (Å²) in [4.78, 5) is 37.3. The number of carbonyl (C=O) groups excluding carboxylic acids is 2. The first kappa shape index (κ1) is 22.3. The minimum absolute atomic E-state index is 0.178. The molecule has 0 aliphatic carbocycles. The standard InChI is InChI=1S/C24H26F2N6O2/c1-29-22-21(23(33)28-24(29)34)32(14-16-4-2-3-5-19(16)26)20(27-22)15-30-10-12-31(13-11-30)18-8-6-17(25)7-9-18/h2-9,21-22H,10-15H2,1H3,(H,28,33,34). The fourth-order valence-electron chi connectivity index (χ4n) is 4.73. The number of halogens is 2. The molecule has 8 nitrogen and oxygen atoms in total. The van der Waals surface area contributed by atoms with Gasteiger partial charge in [-0.1, -0.05) is 18.2 Å². The van der Waals surface area contributed by atoms with Crippen LogP contribution in [0.2, 0.25) is 0 Å². The fourth-order valence-corrected chi connectivity index (χ4v) is 4.73. The van der Waals surface area contributed by atoms with Crippen LogP contribution in [0.4, 0.5) is 19.3 Å². The molecule has 178 valence electrons. The minimum Gasteiger partial charge on any atom is -0.369 e. The number of nitrogens with zero attached hydrogens (tertiary/aromatic N) is 5. The van der Waals surface area contributed by atoms with Gasteiger partial charge < -0.3 is 14.7 Å². The Balaban J connectivity index is 1.33. The van der Waals surface area contributed by atoms with Gasteiger partial charge >= 0.3 is 6.03 Å². The van der Waals surface area contributed by atoms with E-state index in [2.05, 4.69) is 15.1 Å². The number of hydrogen-bond donors (Lipinski definition) is 1. The highest BCUT2D eigenvalue weighted by Gasteiger charge is 2.48. The quantitative estimate of drug-likeness (QED) is 0.726. The van der Waals surface area contributed by atoms with Crippen molar-refractivity contribution in [1.82, 2.24) is 20.0 Å². The smallest absolute Gasteiger partial charge is 0.325 e. The highest BCUT2D eigenvalue weighted by Crippen LogP contribution is 2.27. The van der Waals surface area contributed by atoms with Crippen LogP contribution in [0, 0.1) is 11.6 Å². The molecule has 0 spiro atoms. The highest BCUT2D eigenvalue weighted by molar-refractivity contribution is 6.04. The molecule has 10 heteroatoms. The lowest BCUT2D eigenvalue weighted by molar-refractivity contribution is -0.127. The topological polar surface area (TPSA) is 71.5 Å². The van der Waals surface area contributed by atoms with Crippen LogP contribution >= 0.6 is 0 Å². The third-order valence-electron chi connectivity index (χ3n) is 6.67. The van der Waals surface area contributed by atoms with Crippen molar-refractivity contribution in [2.45, 2.75) is 18.8 Å². The van der Waals surface area contributed by atoms with E-state index in [4.69, 9.17) is 4.99 Å². The molecule has 3 amide bonds. The molecule has 2 saturated heterocycles. The van der Waals surface area contributed by atoms with E-state index in [1.165, 1.54) is 23.1 Å². The maximum atomic E-state index is 14.4. The number of rotatable bonds is 5. The molecule has 2 aromatic carbocycles. The summed E-state index contributed by atoms with van der Waals surface area (Å²) in [5.74, 6) is -0.376. The summed E-state index contributed by atoms with van der Waals surface area (Å²) < 4.78 is 27.7. The molecule has 34 heavy (non-hydrogen) atoms. The second-order valence-corrected chi connectivity index (χ2v) is 8.77. The molecule has 5 rings (SSSR count). The van der Waals surface area contributed by atoms with Crippen LogP contribution in [0.15, 0.2) is 53.5 Å². The summed E-state index contributed by atoms with van der Waals surface area (Å²) in [7, 11) is 1.61. The molecule has 2 aromatic rings. The van der Waals surface area contributed by atoms with Crippen molar-refractivity contribution in [2.75, 3.05) is 44.7 Å². The van der Waals surface area contributed by atoms with Gasteiger partial charge in [0.1, 0.15) is 17.5 Å². The summed E-state index contributed by atoms with van der Waals surface area (Å²) in [5, 5.41) is 2.38. The zero-order chi connectivity index (χ0) is 23.8. The third-order valence-corrected chi connectivity index (χ3v) is 6.67. The second-order valence-electron chi connectivity index (χ2n) is 8.77. The summed E-state index contributed by atoms with van der Waals surface area (Å²) >= 11 is 0. The number of benzene rings is 2. The molecule has 1 N–H and O–H groups in total. The normalized spacial score (nSPS) is 23.1. The molecular formula is C24H26F2N6O2.